The molecule has 0 rings (SSSR count). The Kier molecular flexibility index (Phi) is 6.39. The van der Waals surface area contributed by atoms with Crippen LogP contribution in [-0.4, -0.2) is 24.3 Å². The van der Waals surface area contributed by atoms with Crippen LogP contribution >= 0.6 is 0 Å². The molecular weight excluding hydrogens is 124 g/mol. The fraction of sp³-hybridized carbons (Fsp3) is 0.600. The third kappa shape index (κ3) is 7.10. The van der Waals surface area contributed by atoms with Crippen molar-refractivity contribution in [3.8, 4) is 0 Å². The van der Waals surface area contributed by atoms with Gasteiger partial charge in [-0.25, -0.2) is 0 Å². The lowest BCUT2D eigenvalue weighted by Crippen LogP contribution is -2.05. The van der Waals surface area contributed by atoms with E-state index in [9.17, 15) is 9.59 Å². The first-order valence-corrected chi connectivity index (χ1v) is 2.23. The number of ketones is 1. The van der Waals surface area contributed by atoms with Crippen molar-refractivity contribution in [1.29, 1.82) is 0 Å². The highest BCUT2D eigenvalue weighted by molar-refractivity contribution is 5.93. The van der Waals surface area contributed by atoms with Crippen LogP contribution in [0.2, 0.25) is 0 Å². The van der Waals surface area contributed by atoms with Crippen molar-refractivity contribution in [1.82, 2.24) is 0 Å². The van der Waals surface area contributed by atoms with Crippen LogP contribution in [0.15, 0.2) is 0 Å². The molecular formula is C5H10O4. The quantitative estimate of drug-likeness (QED) is 0.370. The number of methoxy groups -OCH3 is 1. The van der Waals surface area contributed by atoms with Gasteiger partial charge in [-0.2, -0.15) is 0 Å². The molecule has 4 nitrogen and oxygen atoms in total. The monoisotopic (exact) mass is 134 g/mol. The Balaban J connectivity index is 0. The van der Waals surface area contributed by atoms with Gasteiger partial charge in [0.05, 0.1) is 7.11 Å². The van der Waals surface area contributed by atoms with Gasteiger partial charge in [0.25, 0.3) is 0 Å². The zero-order valence-corrected chi connectivity index (χ0v) is 5.43. The van der Waals surface area contributed by atoms with E-state index < -0.39 is 5.97 Å². The Morgan fingerprint density at radius 2 is 1.89 bits per heavy atom. The lowest BCUT2D eigenvalue weighted by Gasteiger charge is -1.90. The highest BCUT2D eigenvalue weighted by Crippen LogP contribution is 1.83. The molecule has 0 unspecified atom stereocenters. The fourth-order valence-corrected chi connectivity index (χ4v) is 0.275. The summed E-state index contributed by atoms with van der Waals surface area (Å²) in [5, 5.41) is 0. The SMILES string of the molecule is COC(=O)CC(C)=O.O. The molecule has 0 atom stereocenters. The van der Waals surface area contributed by atoms with E-state index in [1.165, 1.54) is 14.0 Å². The smallest absolute Gasteiger partial charge is 0.313 e. The molecule has 0 bridgehead atoms. The van der Waals surface area contributed by atoms with E-state index in [2.05, 4.69) is 4.74 Å². The molecule has 0 amide bonds. The molecule has 54 valence electrons. The fourth-order valence-electron chi connectivity index (χ4n) is 0.275. The van der Waals surface area contributed by atoms with Crippen LogP contribution in [0.4, 0.5) is 0 Å². The number of esters is 1. The van der Waals surface area contributed by atoms with Crippen molar-refractivity contribution >= 4 is 11.8 Å². The van der Waals surface area contributed by atoms with Gasteiger partial charge in [-0.1, -0.05) is 0 Å². The van der Waals surface area contributed by atoms with Crippen LogP contribution < -0.4 is 0 Å². The Hall–Kier alpha value is -0.900. The van der Waals surface area contributed by atoms with Gasteiger partial charge < -0.3 is 10.2 Å². The van der Waals surface area contributed by atoms with Gasteiger partial charge in [0.1, 0.15) is 12.2 Å². The molecule has 0 heterocycles. The largest absolute Gasteiger partial charge is 0.469 e. The number of hydrogen-bond donors (Lipinski definition) is 0. The Morgan fingerprint density at radius 1 is 1.44 bits per heavy atom. The van der Waals surface area contributed by atoms with Gasteiger partial charge in [0, 0.05) is 0 Å². The summed E-state index contributed by atoms with van der Waals surface area (Å²) in [5.41, 5.74) is 0. The van der Waals surface area contributed by atoms with Crippen LogP contribution in [0.5, 0.6) is 0 Å². The zero-order chi connectivity index (χ0) is 6.57. The van der Waals surface area contributed by atoms with Gasteiger partial charge >= 0.3 is 5.97 Å². The highest BCUT2D eigenvalue weighted by Gasteiger charge is 2.01. The van der Waals surface area contributed by atoms with E-state index in [1.807, 2.05) is 0 Å². The molecule has 0 radical (unpaired) electrons. The maximum Gasteiger partial charge on any atom is 0.313 e. The average molecular weight is 134 g/mol. The molecule has 2 N–H and O–H groups in total. The summed E-state index contributed by atoms with van der Waals surface area (Å²) in [4.78, 5) is 20.3. The predicted octanol–water partition coefficient (Wildman–Crippen LogP) is -0.686. The van der Waals surface area contributed by atoms with Crippen LogP contribution in [0.1, 0.15) is 13.3 Å². The van der Waals surface area contributed by atoms with Gasteiger partial charge in [-0.3, -0.25) is 9.59 Å². The molecule has 0 spiro atoms. The van der Waals surface area contributed by atoms with Gasteiger partial charge in [-0.15, -0.1) is 0 Å². The van der Waals surface area contributed by atoms with Crippen LogP contribution in [0, 0.1) is 0 Å². The van der Waals surface area contributed by atoms with Crippen molar-refractivity contribution < 1.29 is 19.8 Å². The molecule has 0 aromatic heterocycles. The number of carbonyl (C=O) groups excluding carboxylic acids is 2. The summed E-state index contributed by atoms with van der Waals surface area (Å²) < 4.78 is 4.20. The zero-order valence-electron chi connectivity index (χ0n) is 5.43. The summed E-state index contributed by atoms with van der Waals surface area (Å²) in [7, 11) is 1.26. The first kappa shape index (κ1) is 11.0. The molecule has 0 aromatic carbocycles. The number of carbonyl (C=O) groups is 2. The summed E-state index contributed by atoms with van der Waals surface area (Å²) in [6.07, 6.45) is -0.115. The number of ether oxygens (including phenoxy) is 1. The summed E-state index contributed by atoms with van der Waals surface area (Å²) >= 11 is 0. The van der Waals surface area contributed by atoms with Crippen LogP contribution in [-0.2, 0) is 14.3 Å². The van der Waals surface area contributed by atoms with Crippen molar-refractivity contribution in [2.24, 2.45) is 0 Å². The Labute approximate surface area is 53.1 Å². The molecule has 0 aromatic rings. The van der Waals surface area contributed by atoms with E-state index in [0.717, 1.165) is 0 Å². The van der Waals surface area contributed by atoms with Crippen molar-refractivity contribution in [2.45, 2.75) is 13.3 Å². The van der Waals surface area contributed by atoms with Gasteiger partial charge in [0.15, 0.2) is 0 Å². The topological polar surface area (TPSA) is 74.9 Å². The van der Waals surface area contributed by atoms with Crippen molar-refractivity contribution in [3.63, 3.8) is 0 Å². The second-order valence-corrected chi connectivity index (χ2v) is 1.45. The van der Waals surface area contributed by atoms with E-state index in [-0.39, 0.29) is 17.7 Å². The van der Waals surface area contributed by atoms with E-state index in [0.29, 0.717) is 0 Å². The highest BCUT2D eigenvalue weighted by atomic mass is 16.5. The predicted molar refractivity (Wildman–Crippen MR) is 30.9 cm³/mol. The lowest BCUT2D eigenvalue weighted by atomic mass is 10.3. The summed E-state index contributed by atoms with van der Waals surface area (Å²) in [6, 6.07) is 0. The molecule has 0 aliphatic rings. The van der Waals surface area contributed by atoms with E-state index in [1.54, 1.807) is 0 Å². The summed E-state index contributed by atoms with van der Waals surface area (Å²) in [6.45, 7) is 1.34. The molecule has 0 saturated heterocycles. The normalized spacial score (nSPS) is 7.33. The molecule has 9 heavy (non-hydrogen) atoms. The van der Waals surface area contributed by atoms with Crippen molar-refractivity contribution in [2.75, 3.05) is 7.11 Å². The third-order valence-electron chi connectivity index (χ3n) is 0.621. The second-order valence-electron chi connectivity index (χ2n) is 1.45. The third-order valence-corrected chi connectivity index (χ3v) is 0.621. The minimum atomic E-state index is -0.475. The van der Waals surface area contributed by atoms with E-state index in [4.69, 9.17) is 0 Å². The average Bonchev–Trinajstić information content (AvgIpc) is 1.65. The number of Topliss-reactive ketones (excluding diaryl/α,β-unsaturated/α-hetero) is 1. The standard InChI is InChI=1S/C5H8O3.H2O/c1-4(6)3-5(7)8-2;/h3H2,1-2H3;1H2. The Morgan fingerprint density at radius 3 is 2.00 bits per heavy atom. The Bertz CT molecular complexity index is 108. The lowest BCUT2D eigenvalue weighted by molar-refractivity contribution is -0.142. The minimum absolute atomic E-state index is 0. The van der Waals surface area contributed by atoms with E-state index >= 15 is 0 Å². The summed E-state index contributed by atoms with van der Waals surface area (Å²) in [5.74, 6) is -0.644. The van der Waals surface area contributed by atoms with Gasteiger partial charge in [-0.05, 0) is 6.92 Å². The maximum atomic E-state index is 10.2. The van der Waals surface area contributed by atoms with Crippen LogP contribution in [0.25, 0.3) is 0 Å². The molecule has 0 aliphatic carbocycles. The molecule has 0 fully saturated rings. The molecule has 0 saturated carbocycles. The first-order valence-electron chi connectivity index (χ1n) is 2.23. The number of rotatable bonds is 2. The molecule has 0 aliphatic heterocycles. The minimum Gasteiger partial charge on any atom is -0.469 e. The van der Waals surface area contributed by atoms with Gasteiger partial charge in [0.2, 0.25) is 0 Å². The molecule has 4 heteroatoms. The maximum absolute atomic E-state index is 10.2. The number of hydrogen-bond acceptors (Lipinski definition) is 3. The van der Waals surface area contributed by atoms with Crippen LogP contribution in [0.3, 0.4) is 0 Å². The second kappa shape index (κ2) is 5.24. The first-order chi connectivity index (χ1) is 3.66. The van der Waals surface area contributed by atoms with Crippen molar-refractivity contribution in [3.05, 3.63) is 0 Å².